The van der Waals surface area contributed by atoms with Gasteiger partial charge in [-0.25, -0.2) is 4.39 Å². The van der Waals surface area contributed by atoms with Crippen molar-refractivity contribution >= 4 is 0 Å². The van der Waals surface area contributed by atoms with Gasteiger partial charge in [0.2, 0.25) is 0 Å². The van der Waals surface area contributed by atoms with Gasteiger partial charge in [-0.05, 0) is 106 Å². The molecule has 0 spiro atoms. The lowest BCUT2D eigenvalue weighted by atomic mass is 9.74. The molecule has 0 atom stereocenters. The van der Waals surface area contributed by atoms with Gasteiger partial charge < -0.3 is 0 Å². The van der Waals surface area contributed by atoms with Crippen molar-refractivity contribution in [2.45, 2.75) is 84.0 Å². The van der Waals surface area contributed by atoms with E-state index < -0.39 is 0 Å². The summed E-state index contributed by atoms with van der Waals surface area (Å²) in [6, 6.07) is 5.87. The Balaban J connectivity index is 1.39. The number of halogens is 1. The van der Waals surface area contributed by atoms with Crippen molar-refractivity contribution in [3.05, 3.63) is 47.3 Å². The Bertz CT molecular complexity index is 557. The number of allylic oxidation sites excluding steroid dienone is 2. The summed E-state index contributed by atoms with van der Waals surface area (Å²) in [6.45, 7) is 4.00. The first kappa shape index (κ1) is 18.7. The van der Waals surface area contributed by atoms with Gasteiger partial charge in [-0.2, -0.15) is 0 Å². The second kappa shape index (κ2) is 9.01. The van der Waals surface area contributed by atoms with E-state index in [-0.39, 0.29) is 5.82 Å². The summed E-state index contributed by atoms with van der Waals surface area (Å²) in [6.07, 6.45) is 18.4. The van der Waals surface area contributed by atoms with Gasteiger partial charge in [0.15, 0.2) is 0 Å². The van der Waals surface area contributed by atoms with Gasteiger partial charge in [0.05, 0.1) is 0 Å². The van der Waals surface area contributed by atoms with Gasteiger partial charge >= 0.3 is 0 Å². The van der Waals surface area contributed by atoms with Crippen molar-refractivity contribution in [3.8, 4) is 0 Å². The van der Waals surface area contributed by atoms with Crippen LogP contribution < -0.4 is 0 Å². The molecule has 0 unspecified atom stereocenters. The Morgan fingerprint density at radius 1 is 0.920 bits per heavy atom. The molecule has 1 heteroatoms. The zero-order valence-electron chi connectivity index (χ0n) is 16.1. The van der Waals surface area contributed by atoms with Crippen molar-refractivity contribution < 1.29 is 4.39 Å². The van der Waals surface area contributed by atoms with Crippen LogP contribution in [0.15, 0.2) is 30.4 Å². The lowest BCUT2D eigenvalue weighted by Crippen LogP contribution is -2.17. The largest absolute Gasteiger partial charge is 0.207 e. The summed E-state index contributed by atoms with van der Waals surface area (Å²) in [5.74, 6) is 3.30. The molecular formula is C24H35F. The second-order valence-electron chi connectivity index (χ2n) is 8.61. The molecule has 0 aliphatic heterocycles. The Kier molecular flexibility index (Phi) is 6.73. The predicted molar refractivity (Wildman–Crippen MR) is 105 cm³/mol. The molecule has 3 rings (SSSR count). The summed E-state index contributed by atoms with van der Waals surface area (Å²) in [5.41, 5.74) is 1.99. The van der Waals surface area contributed by atoms with Crippen LogP contribution in [-0.4, -0.2) is 0 Å². The lowest BCUT2D eigenvalue weighted by Gasteiger charge is -2.31. The Hall–Kier alpha value is -1.11. The van der Waals surface area contributed by atoms with Crippen molar-refractivity contribution in [1.82, 2.24) is 0 Å². The fourth-order valence-corrected chi connectivity index (χ4v) is 5.06. The van der Waals surface area contributed by atoms with Crippen LogP contribution in [0, 0.1) is 30.5 Å². The molecule has 25 heavy (non-hydrogen) atoms. The van der Waals surface area contributed by atoms with Crippen molar-refractivity contribution in [1.29, 1.82) is 0 Å². The second-order valence-corrected chi connectivity index (χ2v) is 8.61. The third kappa shape index (κ3) is 5.19. The molecule has 2 aliphatic rings. The number of benzene rings is 1. The molecule has 0 aromatic heterocycles. The molecule has 0 radical (unpaired) electrons. The highest BCUT2D eigenvalue weighted by Crippen LogP contribution is 2.40. The van der Waals surface area contributed by atoms with Gasteiger partial charge in [-0.15, -0.1) is 0 Å². The van der Waals surface area contributed by atoms with Crippen LogP contribution in [0.3, 0.4) is 0 Å². The first-order chi connectivity index (χ1) is 12.2. The van der Waals surface area contributed by atoms with E-state index in [0.717, 1.165) is 23.3 Å². The Labute approximate surface area is 153 Å². The number of hydrogen-bond acceptors (Lipinski definition) is 0. The van der Waals surface area contributed by atoms with E-state index in [1.54, 1.807) is 6.07 Å². The van der Waals surface area contributed by atoms with E-state index in [0.29, 0.717) is 5.92 Å². The lowest BCUT2D eigenvalue weighted by molar-refractivity contribution is 0.246. The van der Waals surface area contributed by atoms with Crippen LogP contribution in [0.1, 0.15) is 88.2 Å². The van der Waals surface area contributed by atoms with E-state index in [2.05, 4.69) is 25.1 Å². The zero-order valence-corrected chi connectivity index (χ0v) is 16.1. The minimum Gasteiger partial charge on any atom is -0.207 e. The van der Waals surface area contributed by atoms with Gasteiger partial charge in [-0.3, -0.25) is 0 Å². The van der Waals surface area contributed by atoms with E-state index >= 15 is 0 Å². The molecule has 0 N–H and O–H groups in total. The predicted octanol–water partition coefficient (Wildman–Crippen LogP) is 7.57. The first-order valence-electron chi connectivity index (χ1n) is 10.5. The van der Waals surface area contributed by atoms with Crippen molar-refractivity contribution in [2.75, 3.05) is 0 Å². The quantitative estimate of drug-likeness (QED) is 0.484. The summed E-state index contributed by atoms with van der Waals surface area (Å²) < 4.78 is 13.8. The van der Waals surface area contributed by atoms with E-state index in [1.807, 2.05) is 13.0 Å². The Morgan fingerprint density at radius 3 is 2.08 bits per heavy atom. The third-order valence-corrected chi connectivity index (χ3v) is 6.85. The van der Waals surface area contributed by atoms with Crippen molar-refractivity contribution in [2.24, 2.45) is 17.8 Å². The molecule has 0 saturated heterocycles. The molecule has 0 amide bonds. The average molecular weight is 343 g/mol. The summed E-state index contributed by atoms with van der Waals surface area (Å²) in [4.78, 5) is 0. The summed E-state index contributed by atoms with van der Waals surface area (Å²) >= 11 is 0. The standard InChI is InChI=1S/C24H35F/c1-3-4-19-6-8-20(9-7-19)10-11-21-12-15-22(16-13-21)23-14-5-18(2)24(25)17-23/h3-5,14,17,19-22H,6-13,15-16H2,1-2H3/b4-3+. The maximum Gasteiger partial charge on any atom is 0.126 e. The molecule has 1 aromatic rings. The monoisotopic (exact) mass is 342 g/mol. The van der Waals surface area contributed by atoms with Gasteiger partial charge in [0.1, 0.15) is 5.82 Å². The molecule has 0 nitrogen and oxygen atoms in total. The highest BCUT2D eigenvalue weighted by molar-refractivity contribution is 5.26. The average Bonchev–Trinajstić information content (AvgIpc) is 2.64. The summed E-state index contributed by atoms with van der Waals surface area (Å²) in [7, 11) is 0. The minimum atomic E-state index is -0.0341. The molecule has 2 aliphatic carbocycles. The van der Waals surface area contributed by atoms with E-state index in [9.17, 15) is 4.39 Å². The van der Waals surface area contributed by atoms with Crippen LogP contribution >= 0.6 is 0 Å². The summed E-state index contributed by atoms with van der Waals surface area (Å²) in [5, 5.41) is 0. The van der Waals surface area contributed by atoms with Crippen molar-refractivity contribution in [3.63, 3.8) is 0 Å². The van der Waals surface area contributed by atoms with Crippen LogP contribution in [0.25, 0.3) is 0 Å². The van der Waals surface area contributed by atoms with E-state index in [1.165, 1.54) is 69.8 Å². The van der Waals surface area contributed by atoms with Gasteiger partial charge in [-0.1, -0.05) is 37.1 Å². The molecule has 0 bridgehead atoms. The molecule has 2 fully saturated rings. The van der Waals surface area contributed by atoms with Gasteiger partial charge in [0, 0.05) is 0 Å². The Morgan fingerprint density at radius 2 is 1.52 bits per heavy atom. The number of hydrogen-bond donors (Lipinski definition) is 0. The maximum absolute atomic E-state index is 13.8. The fraction of sp³-hybridized carbons (Fsp3) is 0.667. The van der Waals surface area contributed by atoms with Crippen LogP contribution in [0.2, 0.25) is 0 Å². The molecule has 1 aromatic carbocycles. The maximum atomic E-state index is 13.8. The SMILES string of the molecule is C/C=C/C1CCC(CCC2CCC(c3ccc(C)c(F)c3)CC2)CC1. The highest BCUT2D eigenvalue weighted by Gasteiger charge is 2.25. The smallest absolute Gasteiger partial charge is 0.126 e. The molecule has 2 saturated carbocycles. The molecule has 138 valence electrons. The van der Waals surface area contributed by atoms with E-state index in [4.69, 9.17) is 0 Å². The molecular weight excluding hydrogens is 307 g/mol. The topological polar surface area (TPSA) is 0 Å². The molecule has 0 heterocycles. The highest BCUT2D eigenvalue weighted by atomic mass is 19.1. The fourth-order valence-electron chi connectivity index (χ4n) is 5.06. The van der Waals surface area contributed by atoms with Gasteiger partial charge in [0.25, 0.3) is 0 Å². The van der Waals surface area contributed by atoms with Crippen LogP contribution in [-0.2, 0) is 0 Å². The zero-order chi connectivity index (χ0) is 17.6. The third-order valence-electron chi connectivity index (χ3n) is 6.85. The number of rotatable bonds is 5. The van der Waals surface area contributed by atoms with Crippen LogP contribution in [0.5, 0.6) is 0 Å². The normalized spacial score (nSPS) is 30.7. The van der Waals surface area contributed by atoms with Crippen LogP contribution in [0.4, 0.5) is 4.39 Å². The number of aryl methyl sites for hydroxylation is 1. The first-order valence-corrected chi connectivity index (χ1v) is 10.5. The minimum absolute atomic E-state index is 0.0341.